The minimum atomic E-state index is -3.71. The Morgan fingerprint density at radius 1 is 1.20 bits per heavy atom. The molecule has 5 nitrogen and oxygen atoms in total. The molecule has 20 heavy (non-hydrogen) atoms. The summed E-state index contributed by atoms with van der Waals surface area (Å²) < 4.78 is 26.1. The summed E-state index contributed by atoms with van der Waals surface area (Å²) in [7, 11) is -2.24. The molecule has 0 spiro atoms. The summed E-state index contributed by atoms with van der Waals surface area (Å²) in [6, 6.07) is 13.4. The zero-order valence-electron chi connectivity index (χ0n) is 10.9. The first kappa shape index (κ1) is 14.2. The molecule has 1 aromatic heterocycles. The molecule has 0 aliphatic rings. The van der Waals surface area contributed by atoms with E-state index in [0.717, 1.165) is 0 Å². The topological polar surface area (TPSA) is 74.1 Å². The van der Waals surface area contributed by atoms with Crippen LogP contribution in [-0.4, -0.2) is 24.8 Å². The van der Waals surface area contributed by atoms with Gasteiger partial charge in [-0.05, 0) is 24.3 Å². The van der Waals surface area contributed by atoms with E-state index in [1.165, 1.54) is 23.5 Å². The minimum absolute atomic E-state index is 0.0148. The van der Waals surface area contributed by atoms with Crippen molar-refractivity contribution in [3.05, 3.63) is 59.9 Å². The molecule has 1 aromatic carbocycles. The van der Waals surface area contributed by atoms with Crippen molar-refractivity contribution in [1.29, 1.82) is 5.26 Å². The van der Waals surface area contributed by atoms with Crippen molar-refractivity contribution in [3.8, 4) is 6.07 Å². The Morgan fingerprint density at radius 3 is 2.55 bits per heavy atom. The smallest absolute Gasteiger partial charge is 0.244 e. The zero-order chi connectivity index (χ0) is 14.6. The molecule has 2 rings (SSSR count). The number of pyridine rings is 1. The molecular weight excluding hydrogens is 274 g/mol. The molecule has 6 heteroatoms. The lowest BCUT2D eigenvalue weighted by Crippen LogP contribution is -2.27. The summed E-state index contributed by atoms with van der Waals surface area (Å²) in [4.78, 5) is 4.11. The van der Waals surface area contributed by atoms with Crippen LogP contribution in [0.25, 0.3) is 0 Å². The Bertz CT molecular complexity index is 737. The summed E-state index contributed by atoms with van der Waals surface area (Å²) in [5, 5.41) is 9.01. The maximum atomic E-state index is 12.5. The van der Waals surface area contributed by atoms with E-state index in [-0.39, 0.29) is 17.0 Å². The molecule has 0 radical (unpaired) electrons. The van der Waals surface area contributed by atoms with E-state index in [1.807, 2.05) is 6.07 Å². The fourth-order valence-electron chi connectivity index (χ4n) is 1.76. The van der Waals surface area contributed by atoms with Crippen LogP contribution in [0.5, 0.6) is 0 Å². The highest BCUT2D eigenvalue weighted by Crippen LogP contribution is 2.19. The van der Waals surface area contributed by atoms with Crippen molar-refractivity contribution >= 4 is 10.0 Å². The standard InChI is InChI=1S/C14H13N3O2S/c1-17(11-13-7-4-5-9-16-13)20(18,19)14-8-3-2-6-12(14)10-15/h2-9H,11H2,1H3. The van der Waals surface area contributed by atoms with E-state index in [2.05, 4.69) is 4.98 Å². The van der Waals surface area contributed by atoms with Gasteiger partial charge < -0.3 is 0 Å². The average molecular weight is 287 g/mol. The first-order valence-electron chi connectivity index (χ1n) is 5.91. The maximum Gasteiger partial charge on any atom is 0.244 e. The molecule has 0 atom stereocenters. The number of benzene rings is 1. The number of hydrogen-bond acceptors (Lipinski definition) is 4. The van der Waals surface area contributed by atoms with E-state index < -0.39 is 10.0 Å². The van der Waals surface area contributed by atoms with Crippen LogP contribution in [0.1, 0.15) is 11.3 Å². The molecule has 0 aliphatic heterocycles. The van der Waals surface area contributed by atoms with Crippen LogP contribution in [0.4, 0.5) is 0 Å². The van der Waals surface area contributed by atoms with Crippen LogP contribution in [0.2, 0.25) is 0 Å². The van der Waals surface area contributed by atoms with E-state index in [0.29, 0.717) is 5.69 Å². The van der Waals surface area contributed by atoms with Crippen molar-refractivity contribution in [2.45, 2.75) is 11.4 Å². The van der Waals surface area contributed by atoms with Gasteiger partial charge in [-0.2, -0.15) is 9.57 Å². The normalized spacial score (nSPS) is 11.2. The monoisotopic (exact) mass is 287 g/mol. The van der Waals surface area contributed by atoms with Gasteiger partial charge in [0.1, 0.15) is 6.07 Å². The molecular formula is C14H13N3O2S. The Kier molecular flexibility index (Phi) is 4.13. The summed E-state index contributed by atoms with van der Waals surface area (Å²) >= 11 is 0. The quantitative estimate of drug-likeness (QED) is 0.859. The summed E-state index contributed by atoms with van der Waals surface area (Å²) in [5.74, 6) is 0. The van der Waals surface area contributed by atoms with Gasteiger partial charge in [0, 0.05) is 13.2 Å². The fraction of sp³-hybridized carbons (Fsp3) is 0.143. The van der Waals surface area contributed by atoms with Crippen molar-refractivity contribution < 1.29 is 8.42 Å². The largest absolute Gasteiger partial charge is 0.260 e. The summed E-state index contributed by atoms with van der Waals surface area (Å²) in [6.07, 6.45) is 1.61. The SMILES string of the molecule is CN(Cc1ccccn1)S(=O)(=O)c1ccccc1C#N. The van der Waals surface area contributed by atoms with Crippen LogP contribution in [0.15, 0.2) is 53.6 Å². The van der Waals surface area contributed by atoms with Crippen LogP contribution in [0, 0.1) is 11.3 Å². The lowest BCUT2D eigenvalue weighted by molar-refractivity contribution is 0.462. The van der Waals surface area contributed by atoms with Crippen molar-refractivity contribution in [1.82, 2.24) is 9.29 Å². The zero-order valence-corrected chi connectivity index (χ0v) is 11.7. The van der Waals surface area contributed by atoms with Crippen LogP contribution in [-0.2, 0) is 16.6 Å². The number of rotatable bonds is 4. The van der Waals surface area contributed by atoms with Crippen molar-refractivity contribution in [2.24, 2.45) is 0 Å². The van der Waals surface area contributed by atoms with Crippen LogP contribution < -0.4 is 0 Å². The molecule has 0 fully saturated rings. The van der Waals surface area contributed by atoms with E-state index >= 15 is 0 Å². The predicted molar refractivity (Wildman–Crippen MR) is 74.0 cm³/mol. The maximum absolute atomic E-state index is 12.5. The van der Waals surface area contributed by atoms with Crippen LogP contribution in [0.3, 0.4) is 0 Å². The van der Waals surface area contributed by atoms with E-state index in [4.69, 9.17) is 5.26 Å². The van der Waals surface area contributed by atoms with Gasteiger partial charge in [0.25, 0.3) is 0 Å². The number of aromatic nitrogens is 1. The molecule has 0 unspecified atom stereocenters. The van der Waals surface area contributed by atoms with Gasteiger partial charge in [-0.3, -0.25) is 4.98 Å². The first-order chi connectivity index (χ1) is 9.55. The van der Waals surface area contributed by atoms with Gasteiger partial charge in [-0.1, -0.05) is 18.2 Å². The Labute approximate surface area is 118 Å². The van der Waals surface area contributed by atoms with Gasteiger partial charge in [-0.25, -0.2) is 8.42 Å². The molecule has 0 bridgehead atoms. The second kappa shape index (κ2) is 5.82. The molecule has 0 N–H and O–H groups in total. The Morgan fingerprint density at radius 2 is 1.90 bits per heavy atom. The third-order valence-electron chi connectivity index (χ3n) is 2.81. The number of hydrogen-bond donors (Lipinski definition) is 0. The minimum Gasteiger partial charge on any atom is -0.260 e. The lowest BCUT2D eigenvalue weighted by Gasteiger charge is -2.17. The number of nitrogens with zero attached hydrogens (tertiary/aromatic N) is 3. The van der Waals surface area contributed by atoms with Gasteiger partial charge >= 0.3 is 0 Å². The highest BCUT2D eigenvalue weighted by molar-refractivity contribution is 7.89. The lowest BCUT2D eigenvalue weighted by atomic mass is 10.2. The molecule has 0 saturated heterocycles. The second-order valence-electron chi connectivity index (χ2n) is 4.19. The molecule has 0 saturated carbocycles. The Balaban J connectivity index is 2.33. The van der Waals surface area contributed by atoms with E-state index in [1.54, 1.807) is 36.5 Å². The van der Waals surface area contributed by atoms with Crippen LogP contribution >= 0.6 is 0 Å². The van der Waals surface area contributed by atoms with Gasteiger partial charge in [-0.15, -0.1) is 0 Å². The van der Waals surface area contributed by atoms with Gasteiger partial charge in [0.2, 0.25) is 10.0 Å². The fourth-order valence-corrected chi connectivity index (χ4v) is 3.04. The van der Waals surface area contributed by atoms with Crippen molar-refractivity contribution in [3.63, 3.8) is 0 Å². The van der Waals surface area contributed by atoms with Gasteiger partial charge in [0.05, 0.1) is 22.7 Å². The van der Waals surface area contributed by atoms with E-state index in [9.17, 15) is 8.42 Å². The third-order valence-corrected chi connectivity index (χ3v) is 4.67. The summed E-state index contributed by atoms with van der Waals surface area (Å²) in [6.45, 7) is 0.156. The highest BCUT2D eigenvalue weighted by atomic mass is 32.2. The summed E-state index contributed by atoms with van der Waals surface area (Å²) in [5.41, 5.74) is 0.786. The average Bonchev–Trinajstić information content (AvgIpc) is 2.48. The van der Waals surface area contributed by atoms with Gasteiger partial charge in [0.15, 0.2) is 0 Å². The molecule has 0 aliphatic carbocycles. The second-order valence-corrected chi connectivity index (χ2v) is 6.20. The number of sulfonamides is 1. The molecule has 2 aromatic rings. The first-order valence-corrected chi connectivity index (χ1v) is 7.35. The highest BCUT2D eigenvalue weighted by Gasteiger charge is 2.24. The molecule has 1 heterocycles. The molecule has 102 valence electrons. The predicted octanol–water partition coefficient (Wildman–Crippen LogP) is 1.77. The van der Waals surface area contributed by atoms with Crippen molar-refractivity contribution in [2.75, 3.05) is 7.05 Å². The Hall–Kier alpha value is -2.23. The third kappa shape index (κ3) is 2.85. The number of nitriles is 1. The molecule has 0 amide bonds.